The smallest absolute Gasteiger partial charge is 0.340 e. The van der Waals surface area contributed by atoms with E-state index in [1.54, 1.807) is 19.1 Å². The maximum Gasteiger partial charge on any atom is 0.340 e. The molecule has 0 aromatic heterocycles. The number of benzene rings is 3. The molecular weight excluding hydrogens is 475 g/mol. The van der Waals surface area contributed by atoms with Gasteiger partial charge in [0.25, 0.3) is 10.0 Å². The van der Waals surface area contributed by atoms with Crippen molar-refractivity contribution in [2.24, 2.45) is 0 Å². The lowest BCUT2D eigenvalue weighted by atomic mass is 10.1. The lowest BCUT2D eigenvalue weighted by Gasteiger charge is -2.13. The van der Waals surface area contributed by atoms with Crippen LogP contribution in [0.25, 0.3) is 0 Å². The Morgan fingerprint density at radius 3 is 2.31 bits per heavy atom. The van der Waals surface area contributed by atoms with Gasteiger partial charge in [-0.2, -0.15) is 0 Å². The van der Waals surface area contributed by atoms with Gasteiger partial charge in [0.2, 0.25) is 5.91 Å². The highest BCUT2D eigenvalue weighted by molar-refractivity contribution is 7.92. The molecule has 0 radical (unpaired) electrons. The molecular formula is C25H23FN2O6S. The molecule has 182 valence electrons. The zero-order valence-corrected chi connectivity index (χ0v) is 19.8. The minimum atomic E-state index is -4.13. The van der Waals surface area contributed by atoms with E-state index in [2.05, 4.69) is 10.0 Å². The Labute approximate surface area is 202 Å². The van der Waals surface area contributed by atoms with Crippen molar-refractivity contribution < 1.29 is 31.9 Å². The number of aryl methyl sites for hydroxylation is 1. The van der Waals surface area contributed by atoms with Crippen molar-refractivity contribution in [2.75, 3.05) is 16.6 Å². The second kappa shape index (κ2) is 10.9. The number of amides is 1. The van der Waals surface area contributed by atoms with E-state index < -0.39 is 34.2 Å². The predicted octanol–water partition coefficient (Wildman–Crippen LogP) is 4.32. The lowest BCUT2D eigenvalue weighted by Crippen LogP contribution is -2.19. The van der Waals surface area contributed by atoms with E-state index in [-0.39, 0.29) is 33.2 Å². The van der Waals surface area contributed by atoms with Crippen LogP contribution >= 0.6 is 0 Å². The number of nitrogens with one attached hydrogen (secondary N) is 2. The van der Waals surface area contributed by atoms with Gasteiger partial charge in [-0.25, -0.2) is 17.6 Å². The fraction of sp³-hybridized carbons (Fsp3) is 0.160. The third kappa shape index (κ3) is 6.51. The Bertz CT molecular complexity index is 1370. The third-order valence-corrected chi connectivity index (χ3v) is 6.49. The number of Topliss-reactive ketones (excluding diaryl/α,β-unsaturated/α-hetero) is 1. The summed E-state index contributed by atoms with van der Waals surface area (Å²) in [6, 6.07) is 15.1. The quantitative estimate of drug-likeness (QED) is 0.335. The minimum Gasteiger partial charge on any atom is -0.454 e. The number of esters is 1. The van der Waals surface area contributed by atoms with E-state index >= 15 is 0 Å². The van der Waals surface area contributed by atoms with Crippen LogP contribution in [-0.2, 0) is 19.6 Å². The van der Waals surface area contributed by atoms with E-state index in [1.807, 2.05) is 0 Å². The van der Waals surface area contributed by atoms with Crippen LogP contribution in [0.5, 0.6) is 0 Å². The summed E-state index contributed by atoms with van der Waals surface area (Å²) in [5.41, 5.74) is 0.852. The number of carbonyl (C=O) groups excluding carboxylic acids is 3. The van der Waals surface area contributed by atoms with Crippen molar-refractivity contribution in [3.05, 3.63) is 89.2 Å². The van der Waals surface area contributed by atoms with Gasteiger partial charge in [-0.05, 0) is 67.1 Å². The molecule has 0 aliphatic heterocycles. The highest BCUT2D eigenvalue weighted by atomic mass is 32.2. The van der Waals surface area contributed by atoms with E-state index in [4.69, 9.17) is 4.74 Å². The number of para-hydroxylation sites is 1. The van der Waals surface area contributed by atoms with E-state index in [9.17, 15) is 27.2 Å². The van der Waals surface area contributed by atoms with Crippen LogP contribution in [0.4, 0.5) is 15.8 Å². The number of ketones is 1. The van der Waals surface area contributed by atoms with Crippen LogP contribution in [0, 0.1) is 12.7 Å². The Morgan fingerprint density at radius 2 is 1.66 bits per heavy atom. The summed E-state index contributed by atoms with van der Waals surface area (Å²) in [7, 11) is -4.13. The molecule has 10 heteroatoms. The number of carbonyl (C=O) groups is 3. The Hall–Kier alpha value is -4.05. The van der Waals surface area contributed by atoms with Gasteiger partial charge in [-0.15, -0.1) is 0 Å². The molecule has 3 aromatic rings. The van der Waals surface area contributed by atoms with E-state index in [0.29, 0.717) is 12.1 Å². The van der Waals surface area contributed by atoms with Gasteiger partial charge in [-0.3, -0.25) is 14.3 Å². The van der Waals surface area contributed by atoms with Crippen LogP contribution < -0.4 is 10.0 Å². The van der Waals surface area contributed by atoms with Gasteiger partial charge in [0.05, 0.1) is 16.1 Å². The van der Waals surface area contributed by atoms with Gasteiger partial charge in [0.15, 0.2) is 12.4 Å². The predicted molar refractivity (Wildman–Crippen MR) is 128 cm³/mol. The van der Waals surface area contributed by atoms with Gasteiger partial charge in [0, 0.05) is 17.7 Å². The van der Waals surface area contributed by atoms with Crippen molar-refractivity contribution in [3.63, 3.8) is 0 Å². The molecule has 3 aromatic carbocycles. The number of sulfonamides is 1. The van der Waals surface area contributed by atoms with Crippen molar-refractivity contribution in [1.29, 1.82) is 0 Å². The number of anilines is 2. The maximum absolute atomic E-state index is 13.4. The van der Waals surface area contributed by atoms with Gasteiger partial charge < -0.3 is 10.1 Å². The normalized spacial score (nSPS) is 10.9. The number of halogens is 1. The maximum atomic E-state index is 13.4. The monoisotopic (exact) mass is 498 g/mol. The molecule has 0 spiro atoms. The summed E-state index contributed by atoms with van der Waals surface area (Å²) in [5.74, 6) is -2.12. The van der Waals surface area contributed by atoms with E-state index in [0.717, 1.165) is 18.2 Å². The Morgan fingerprint density at radius 1 is 0.971 bits per heavy atom. The van der Waals surface area contributed by atoms with Crippen molar-refractivity contribution in [2.45, 2.75) is 25.2 Å². The molecule has 2 N–H and O–H groups in total. The summed E-state index contributed by atoms with van der Waals surface area (Å²) in [5, 5.41) is 2.66. The van der Waals surface area contributed by atoms with Gasteiger partial charge in [0.1, 0.15) is 5.82 Å². The van der Waals surface area contributed by atoms with Gasteiger partial charge >= 0.3 is 5.97 Å². The summed E-state index contributed by atoms with van der Waals surface area (Å²) >= 11 is 0. The molecule has 8 nitrogen and oxygen atoms in total. The molecule has 0 bridgehead atoms. The molecule has 0 aliphatic rings. The number of hydrogen-bond acceptors (Lipinski definition) is 6. The lowest BCUT2D eigenvalue weighted by molar-refractivity contribution is -0.115. The standard InChI is InChI=1S/C25H23FN2O6S/c1-3-24(30)27-19-11-8-17(9-12-19)22(29)15-34-25(31)20-6-4-5-7-21(20)28-35(32,33)23-13-10-18(26)14-16(23)2/h4-14,28H,3,15H2,1-2H3,(H,27,30). The molecule has 0 aliphatic carbocycles. The van der Waals surface area contributed by atoms with Crippen molar-refractivity contribution >= 4 is 39.1 Å². The molecule has 1 amide bonds. The van der Waals surface area contributed by atoms with Crippen LogP contribution in [-0.4, -0.2) is 32.7 Å². The molecule has 3 rings (SSSR count). The fourth-order valence-electron chi connectivity index (χ4n) is 3.15. The zero-order valence-electron chi connectivity index (χ0n) is 19.0. The number of ether oxygens (including phenoxy) is 1. The first-order valence-corrected chi connectivity index (χ1v) is 12.1. The topological polar surface area (TPSA) is 119 Å². The largest absolute Gasteiger partial charge is 0.454 e. The number of rotatable bonds is 9. The van der Waals surface area contributed by atoms with Crippen LogP contribution in [0.15, 0.2) is 71.6 Å². The van der Waals surface area contributed by atoms with Gasteiger partial charge in [-0.1, -0.05) is 19.1 Å². The first-order valence-electron chi connectivity index (χ1n) is 10.6. The first kappa shape index (κ1) is 25.6. The Kier molecular flexibility index (Phi) is 7.98. The second-order valence-corrected chi connectivity index (χ2v) is 9.19. The molecule has 0 saturated heterocycles. The summed E-state index contributed by atoms with van der Waals surface area (Å²) in [6.07, 6.45) is 0.317. The zero-order chi connectivity index (χ0) is 25.6. The molecule has 0 fully saturated rings. The van der Waals surface area contributed by atoms with Crippen LogP contribution in [0.3, 0.4) is 0 Å². The summed E-state index contributed by atoms with van der Waals surface area (Å²) < 4.78 is 46.4. The molecule has 0 saturated carbocycles. The highest BCUT2D eigenvalue weighted by Gasteiger charge is 2.22. The molecule has 0 heterocycles. The summed E-state index contributed by atoms with van der Waals surface area (Å²) in [6.45, 7) is 2.60. The van der Waals surface area contributed by atoms with Crippen LogP contribution in [0.2, 0.25) is 0 Å². The van der Waals surface area contributed by atoms with E-state index in [1.165, 1.54) is 43.3 Å². The fourth-order valence-corrected chi connectivity index (χ4v) is 4.45. The minimum absolute atomic E-state index is 0.0512. The van der Waals surface area contributed by atoms with Crippen molar-refractivity contribution in [3.8, 4) is 0 Å². The van der Waals surface area contributed by atoms with Crippen molar-refractivity contribution in [1.82, 2.24) is 0 Å². The second-order valence-electron chi connectivity index (χ2n) is 7.54. The molecule has 35 heavy (non-hydrogen) atoms. The molecule has 0 unspecified atom stereocenters. The average Bonchev–Trinajstić information content (AvgIpc) is 2.82. The summed E-state index contributed by atoms with van der Waals surface area (Å²) in [4.78, 5) is 36.4. The molecule has 0 atom stereocenters. The first-order chi connectivity index (χ1) is 16.6. The Balaban J connectivity index is 1.70. The number of hydrogen-bond donors (Lipinski definition) is 2. The average molecular weight is 499 g/mol. The van der Waals surface area contributed by atoms with Crippen LogP contribution in [0.1, 0.15) is 39.6 Å². The third-order valence-electron chi connectivity index (χ3n) is 4.96. The highest BCUT2D eigenvalue weighted by Crippen LogP contribution is 2.23. The SMILES string of the molecule is CCC(=O)Nc1ccc(C(=O)COC(=O)c2ccccc2NS(=O)(=O)c2ccc(F)cc2C)cc1.